The van der Waals surface area contributed by atoms with Gasteiger partial charge in [0.15, 0.2) is 0 Å². The van der Waals surface area contributed by atoms with Crippen molar-refractivity contribution in [2.75, 3.05) is 17.7 Å². The fourth-order valence-corrected chi connectivity index (χ4v) is 4.42. The lowest BCUT2D eigenvalue weighted by Crippen LogP contribution is -2.63. The van der Waals surface area contributed by atoms with Crippen LogP contribution in [-0.2, 0) is 4.74 Å². The van der Waals surface area contributed by atoms with Crippen molar-refractivity contribution >= 4 is 17.4 Å². The van der Waals surface area contributed by atoms with Gasteiger partial charge in [0, 0.05) is 34.6 Å². The van der Waals surface area contributed by atoms with Crippen LogP contribution < -0.4 is 5.32 Å². The standard InChI is InChI=1S/C16H23NOS/c1-4-19-13-8-6-5-7-12(13)17-14-11-9-10-18-15(11)16(14,2)3/h5-8,11,14-15,17H,4,9-10H2,1-3H3. The van der Waals surface area contributed by atoms with Gasteiger partial charge in [0.2, 0.25) is 0 Å². The van der Waals surface area contributed by atoms with Crippen molar-refractivity contribution in [1.82, 2.24) is 0 Å². The molecular formula is C16H23NOS. The molecule has 104 valence electrons. The molecule has 3 unspecified atom stereocenters. The van der Waals surface area contributed by atoms with E-state index >= 15 is 0 Å². The Bertz CT molecular complexity index is 460. The van der Waals surface area contributed by atoms with Gasteiger partial charge >= 0.3 is 0 Å². The van der Waals surface area contributed by atoms with Gasteiger partial charge in [0.1, 0.15) is 0 Å². The first kappa shape index (κ1) is 13.3. The number of hydrogen-bond donors (Lipinski definition) is 1. The molecule has 1 saturated carbocycles. The van der Waals surface area contributed by atoms with Crippen molar-refractivity contribution in [2.24, 2.45) is 11.3 Å². The van der Waals surface area contributed by atoms with Crippen LogP contribution in [-0.4, -0.2) is 24.5 Å². The molecular weight excluding hydrogens is 254 g/mol. The summed E-state index contributed by atoms with van der Waals surface area (Å²) in [5.74, 6) is 1.80. The molecule has 3 heteroatoms. The van der Waals surface area contributed by atoms with E-state index in [1.54, 1.807) is 0 Å². The third-order valence-corrected chi connectivity index (χ3v) is 5.55. The molecule has 1 aromatic rings. The summed E-state index contributed by atoms with van der Waals surface area (Å²) in [6.45, 7) is 7.79. The van der Waals surface area contributed by atoms with Crippen LogP contribution in [0.5, 0.6) is 0 Å². The highest BCUT2D eigenvalue weighted by Crippen LogP contribution is 2.53. The van der Waals surface area contributed by atoms with E-state index < -0.39 is 0 Å². The van der Waals surface area contributed by atoms with Gasteiger partial charge in [0.05, 0.1) is 6.10 Å². The Kier molecular flexibility index (Phi) is 3.52. The minimum atomic E-state index is 0.241. The van der Waals surface area contributed by atoms with Gasteiger partial charge in [-0.05, 0) is 24.3 Å². The Labute approximate surface area is 120 Å². The van der Waals surface area contributed by atoms with Gasteiger partial charge < -0.3 is 10.1 Å². The molecule has 3 rings (SSSR count). The minimum absolute atomic E-state index is 0.241. The first-order chi connectivity index (χ1) is 9.14. The smallest absolute Gasteiger partial charge is 0.0694 e. The van der Waals surface area contributed by atoms with Crippen LogP contribution in [0.2, 0.25) is 0 Å². The number of nitrogens with one attached hydrogen (secondary N) is 1. The summed E-state index contributed by atoms with van der Waals surface area (Å²) in [6, 6.07) is 9.20. The van der Waals surface area contributed by atoms with Gasteiger partial charge in [-0.3, -0.25) is 0 Å². The number of benzene rings is 1. The quantitative estimate of drug-likeness (QED) is 0.840. The zero-order valence-electron chi connectivity index (χ0n) is 12.0. The van der Waals surface area contributed by atoms with Crippen molar-refractivity contribution in [3.05, 3.63) is 24.3 Å². The SMILES string of the molecule is CCSc1ccccc1NC1C2CCOC2C1(C)C. The Morgan fingerprint density at radius 2 is 2.16 bits per heavy atom. The maximum Gasteiger partial charge on any atom is 0.0694 e. The summed E-state index contributed by atoms with van der Waals surface area (Å²) in [5.41, 5.74) is 1.53. The molecule has 0 bridgehead atoms. The van der Waals surface area contributed by atoms with Crippen molar-refractivity contribution in [2.45, 2.75) is 44.2 Å². The first-order valence-corrected chi connectivity index (χ1v) is 8.23. The number of para-hydroxylation sites is 1. The Morgan fingerprint density at radius 1 is 1.37 bits per heavy atom. The van der Waals surface area contributed by atoms with E-state index in [0.29, 0.717) is 18.1 Å². The number of anilines is 1. The molecule has 1 saturated heterocycles. The van der Waals surface area contributed by atoms with Crippen molar-refractivity contribution < 1.29 is 4.74 Å². The normalized spacial score (nSPS) is 31.6. The van der Waals surface area contributed by atoms with E-state index in [1.807, 2.05) is 11.8 Å². The van der Waals surface area contributed by atoms with E-state index in [9.17, 15) is 0 Å². The summed E-state index contributed by atoms with van der Waals surface area (Å²) in [5, 5.41) is 3.79. The van der Waals surface area contributed by atoms with E-state index in [-0.39, 0.29) is 5.41 Å². The van der Waals surface area contributed by atoms with Crippen LogP contribution in [0.1, 0.15) is 27.2 Å². The Morgan fingerprint density at radius 3 is 2.95 bits per heavy atom. The second-order valence-electron chi connectivity index (χ2n) is 6.12. The van der Waals surface area contributed by atoms with Crippen LogP contribution in [0.3, 0.4) is 0 Å². The minimum Gasteiger partial charge on any atom is -0.380 e. The van der Waals surface area contributed by atoms with E-state index in [0.717, 1.165) is 12.4 Å². The third kappa shape index (κ3) is 2.17. The number of rotatable bonds is 4. The molecule has 0 radical (unpaired) electrons. The van der Waals surface area contributed by atoms with Crippen LogP contribution in [0, 0.1) is 11.3 Å². The van der Waals surface area contributed by atoms with Crippen LogP contribution in [0.25, 0.3) is 0 Å². The summed E-state index contributed by atoms with van der Waals surface area (Å²) in [4.78, 5) is 1.36. The molecule has 1 aliphatic carbocycles. The summed E-state index contributed by atoms with van der Waals surface area (Å²) in [6.07, 6.45) is 1.66. The fourth-order valence-electron chi connectivity index (χ4n) is 3.65. The van der Waals surface area contributed by atoms with Crippen molar-refractivity contribution in [3.63, 3.8) is 0 Å². The molecule has 0 spiro atoms. The van der Waals surface area contributed by atoms with Gasteiger partial charge in [-0.25, -0.2) is 0 Å². The number of hydrogen-bond acceptors (Lipinski definition) is 3. The molecule has 1 aromatic carbocycles. The number of thioether (sulfide) groups is 1. The lowest BCUT2D eigenvalue weighted by atomic mass is 9.57. The van der Waals surface area contributed by atoms with E-state index in [1.165, 1.54) is 17.0 Å². The first-order valence-electron chi connectivity index (χ1n) is 7.24. The molecule has 0 amide bonds. The molecule has 1 heterocycles. The third-order valence-electron chi connectivity index (χ3n) is 4.60. The van der Waals surface area contributed by atoms with Gasteiger partial charge in [-0.2, -0.15) is 0 Å². The van der Waals surface area contributed by atoms with Gasteiger partial charge in [-0.15, -0.1) is 11.8 Å². The lowest BCUT2D eigenvalue weighted by Gasteiger charge is -2.55. The largest absolute Gasteiger partial charge is 0.380 e. The molecule has 2 fully saturated rings. The molecule has 2 nitrogen and oxygen atoms in total. The number of fused-ring (bicyclic) bond motifs is 1. The second-order valence-corrected chi connectivity index (χ2v) is 7.42. The highest BCUT2D eigenvalue weighted by molar-refractivity contribution is 7.99. The molecule has 2 aliphatic rings. The van der Waals surface area contributed by atoms with E-state index in [4.69, 9.17) is 4.74 Å². The number of ether oxygens (including phenoxy) is 1. The average molecular weight is 277 g/mol. The summed E-state index contributed by atoms with van der Waals surface area (Å²) in [7, 11) is 0. The Balaban J connectivity index is 1.78. The van der Waals surface area contributed by atoms with Gasteiger partial charge in [-0.1, -0.05) is 32.9 Å². The molecule has 1 N–H and O–H groups in total. The van der Waals surface area contributed by atoms with Crippen LogP contribution >= 0.6 is 11.8 Å². The predicted octanol–water partition coefficient (Wildman–Crippen LogP) is 4.02. The lowest BCUT2D eigenvalue weighted by molar-refractivity contribution is -0.0923. The monoisotopic (exact) mass is 277 g/mol. The molecule has 1 aliphatic heterocycles. The molecule has 0 aromatic heterocycles. The molecule has 3 atom stereocenters. The topological polar surface area (TPSA) is 21.3 Å². The average Bonchev–Trinajstić information content (AvgIpc) is 2.85. The van der Waals surface area contributed by atoms with Crippen molar-refractivity contribution in [3.8, 4) is 0 Å². The molecule has 19 heavy (non-hydrogen) atoms. The van der Waals surface area contributed by atoms with Gasteiger partial charge in [0.25, 0.3) is 0 Å². The summed E-state index contributed by atoms with van der Waals surface area (Å²) < 4.78 is 5.87. The maximum atomic E-state index is 5.87. The fraction of sp³-hybridized carbons (Fsp3) is 0.625. The highest BCUT2D eigenvalue weighted by atomic mass is 32.2. The zero-order valence-corrected chi connectivity index (χ0v) is 12.8. The van der Waals surface area contributed by atoms with E-state index in [2.05, 4.69) is 50.4 Å². The summed E-state index contributed by atoms with van der Waals surface area (Å²) >= 11 is 1.91. The second kappa shape index (κ2) is 5.02. The van der Waals surface area contributed by atoms with Crippen LogP contribution in [0.4, 0.5) is 5.69 Å². The zero-order chi connectivity index (χ0) is 13.5. The van der Waals surface area contributed by atoms with Crippen molar-refractivity contribution in [1.29, 1.82) is 0 Å². The Hall–Kier alpha value is -0.670. The highest BCUT2D eigenvalue weighted by Gasteiger charge is 2.59. The van der Waals surface area contributed by atoms with Crippen LogP contribution in [0.15, 0.2) is 29.2 Å². The maximum absolute atomic E-state index is 5.87. The predicted molar refractivity (Wildman–Crippen MR) is 81.9 cm³/mol.